The van der Waals surface area contributed by atoms with Crippen LogP contribution in [0.25, 0.3) is 0 Å². The van der Waals surface area contributed by atoms with Crippen LogP contribution in [-0.4, -0.2) is 50.9 Å². The molecule has 186 valence electrons. The average molecular weight is 469 g/mol. The van der Waals surface area contributed by atoms with Crippen molar-refractivity contribution < 1.29 is 23.4 Å². The first-order chi connectivity index (χ1) is 14.8. The van der Waals surface area contributed by atoms with Gasteiger partial charge in [-0.1, -0.05) is 47.6 Å². The fourth-order valence-electron chi connectivity index (χ4n) is 5.61. The van der Waals surface area contributed by atoms with Gasteiger partial charge in [0.05, 0.1) is 23.9 Å². The van der Waals surface area contributed by atoms with Crippen LogP contribution in [0.15, 0.2) is 11.6 Å². The van der Waals surface area contributed by atoms with E-state index in [1.807, 2.05) is 6.92 Å². The molecule has 5 nitrogen and oxygen atoms in total. The van der Waals surface area contributed by atoms with E-state index in [1.54, 1.807) is 0 Å². The van der Waals surface area contributed by atoms with Gasteiger partial charge in [-0.25, -0.2) is 0 Å². The van der Waals surface area contributed by atoms with Crippen molar-refractivity contribution in [1.29, 1.82) is 0 Å². The number of hydrogen-bond donors (Lipinski definition) is 0. The van der Waals surface area contributed by atoms with Crippen LogP contribution in [0.5, 0.6) is 0 Å². The summed E-state index contributed by atoms with van der Waals surface area (Å²) in [6.45, 7) is 23.0. The topological polar surface area (TPSA) is 60.6 Å². The Morgan fingerprint density at radius 2 is 1.47 bits per heavy atom. The Morgan fingerprint density at radius 1 is 0.938 bits per heavy atom. The second-order valence-corrected chi connectivity index (χ2v) is 16.8. The Hall–Kier alpha value is -0.693. The second kappa shape index (κ2) is 10.7. The SMILES string of the molecule is CC(=O)OC/C(C)=C/CC[C@@]1(C)O[C@@H]1CC[C@]1(C)O[C@H]1CO[Si](C(C)C)(C(C)C)C(C)C. The maximum absolute atomic E-state index is 10.9. The Kier molecular flexibility index (Phi) is 9.22. The summed E-state index contributed by atoms with van der Waals surface area (Å²) in [5.74, 6) is -0.236. The van der Waals surface area contributed by atoms with Crippen LogP contribution < -0.4 is 0 Å². The Balaban J connectivity index is 1.74. The number of ether oxygens (including phenoxy) is 3. The molecule has 2 aliphatic rings. The fourth-order valence-corrected chi connectivity index (χ4v) is 11.1. The van der Waals surface area contributed by atoms with Gasteiger partial charge in [0.15, 0.2) is 8.32 Å². The molecule has 0 unspecified atom stereocenters. The number of esters is 1. The normalized spacial score (nSPS) is 30.3. The maximum atomic E-state index is 10.9. The van der Waals surface area contributed by atoms with Crippen molar-refractivity contribution in [2.75, 3.05) is 13.2 Å². The Labute approximate surface area is 197 Å². The third-order valence-corrected chi connectivity index (χ3v) is 13.9. The van der Waals surface area contributed by atoms with Gasteiger partial charge in [0.2, 0.25) is 0 Å². The van der Waals surface area contributed by atoms with Gasteiger partial charge in [-0.3, -0.25) is 4.79 Å². The van der Waals surface area contributed by atoms with E-state index in [0.717, 1.165) is 37.9 Å². The molecule has 0 saturated carbocycles. The fraction of sp³-hybridized carbons (Fsp3) is 0.885. The predicted octanol–water partition coefficient (Wildman–Crippen LogP) is 6.56. The van der Waals surface area contributed by atoms with Gasteiger partial charge in [-0.05, 0) is 68.7 Å². The third-order valence-electron chi connectivity index (χ3n) is 7.80. The first kappa shape index (κ1) is 27.6. The smallest absolute Gasteiger partial charge is 0.302 e. The molecule has 2 saturated heterocycles. The lowest BCUT2D eigenvalue weighted by molar-refractivity contribution is -0.139. The number of hydrogen-bond acceptors (Lipinski definition) is 5. The standard InChI is InChI=1S/C26H48O5Si/c1-18(2)32(19(3)4,20(5)6)29-17-24-26(10,31-24)15-13-23-25(9,30-23)14-11-12-21(7)16-28-22(8)27/h12,18-20,23-24H,11,13-17H2,1-10H3/b21-12+/t23-,24+,25-,26+/m1/s1. The molecule has 2 rings (SSSR count). The zero-order valence-corrected chi connectivity index (χ0v) is 23.2. The number of rotatable bonds is 14. The molecule has 6 heteroatoms. The molecule has 2 aliphatic heterocycles. The highest BCUT2D eigenvalue weighted by Crippen LogP contribution is 2.49. The van der Waals surface area contributed by atoms with Crippen molar-refractivity contribution in [2.45, 2.75) is 135 Å². The quantitative estimate of drug-likeness (QED) is 0.125. The summed E-state index contributed by atoms with van der Waals surface area (Å²) in [4.78, 5) is 10.9. The lowest BCUT2D eigenvalue weighted by atomic mass is 9.94. The lowest BCUT2D eigenvalue weighted by Gasteiger charge is -2.42. The third kappa shape index (κ3) is 6.68. The van der Waals surface area contributed by atoms with Crippen LogP contribution in [0.4, 0.5) is 0 Å². The summed E-state index contributed by atoms with van der Waals surface area (Å²) in [7, 11) is -1.84. The van der Waals surface area contributed by atoms with Crippen LogP contribution in [0, 0.1) is 0 Å². The summed E-state index contributed by atoms with van der Waals surface area (Å²) in [6.07, 6.45) is 6.65. The molecule has 0 aromatic carbocycles. The predicted molar refractivity (Wildman–Crippen MR) is 132 cm³/mol. The largest absolute Gasteiger partial charge is 0.461 e. The zero-order chi connectivity index (χ0) is 24.3. The first-order valence-electron chi connectivity index (χ1n) is 12.6. The molecule has 2 heterocycles. The molecule has 0 aromatic rings. The molecule has 0 amide bonds. The minimum atomic E-state index is -1.84. The number of carbonyl (C=O) groups excluding carboxylic acids is 1. The Bertz CT molecular complexity index is 651. The summed E-state index contributed by atoms with van der Waals surface area (Å²) in [5, 5.41) is 0. The van der Waals surface area contributed by atoms with Crippen molar-refractivity contribution in [3.8, 4) is 0 Å². The van der Waals surface area contributed by atoms with Crippen molar-refractivity contribution in [1.82, 2.24) is 0 Å². The summed E-state index contributed by atoms with van der Waals surface area (Å²) in [6, 6.07) is 0. The van der Waals surface area contributed by atoms with Gasteiger partial charge in [-0.2, -0.15) is 0 Å². The van der Waals surface area contributed by atoms with E-state index in [1.165, 1.54) is 6.92 Å². The minimum absolute atomic E-state index is 0.0372. The van der Waals surface area contributed by atoms with Crippen LogP contribution in [0.1, 0.15) is 94.9 Å². The number of epoxide rings is 2. The molecule has 0 aromatic heterocycles. The molecule has 0 spiro atoms. The first-order valence-corrected chi connectivity index (χ1v) is 14.7. The summed E-state index contributed by atoms with van der Waals surface area (Å²) in [5.41, 5.74) is 2.77. The second-order valence-electron chi connectivity index (χ2n) is 11.4. The van der Waals surface area contributed by atoms with Gasteiger partial charge >= 0.3 is 5.97 Å². The monoisotopic (exact) mass is 468 g/mol. The zero-order valence-electron chi connectivity index (χ0n) is 22.2. The van der Waals surface area contributed by atoms with Crippen LogP contribution >= 0.6 is 0 Å². The highest BCUT2D eigenvalue weighted by molar-refractivity contribution is 6.77. The average Bonchev–Trinajstić information content (AvgIpc) is 3.53. The van der Waals surface area contributed by atoms with E-state index in [2.05, 4.69) is 61.5 Å². The lowest BCUT2D eigenvalue weighted by Crippen LogP contribution is -2.48. The van der Waals surface area contributed by atoms with E-state index in [-0.39, 0.29) is 23.3 Å². The maximum Gasteiger partial charge on any atom is 0.302 e. The molecule has 0 bridgehead atoms. The van der Waals surface area contributed by atoms with Crippen molar-refractivity contribution in [3.63, 3.8) is 0 Å². The minimum Gasteiger partial charge on any atom is -0.461 e. The summed E-state index contributed by atoms with van der Waals surface area (Å²) < 4.78 is 24.0. The van der Waals surface area contributed by atoms with Gasteiger partial charge in [0.1, 0.15) is 12.7 Å². The van der Waals surface area contributed by atoms with Gasteiger partial charge < -0.3 is 18.6 Å². The molecular formula is C26H48O5Si. The molecule has 0 radical (unpaired) electrons. The number of allylic oxidation sites excluding steroid dienone is 1. The van der Waals surface area contributed by atoms with E-state index in [9.17, 15) is 4.79 Å². The van der Waals surface area contributed by atoms with Crippen LogP contribution in [0.3, 0.4) is 0 Å². The summed E-state index contributed by atoms with van der Waals surface area (Å²) >= 11 is 0. The van der Waals surface area contributed by atoms with E-state index in [0.29, 0.717) is 29.3 Å². The highest BCUT2D eigenvalue weighted by atomic mass is 28.4. The van der Waals surface area contributed by atoms with Crippen molar-refractivity contribution in [2.24, 2.45) is 0 Å². The Morgan fingerprint density at radius 3 is 2.00 bits per heavy atom. The van der Waals surface area contributed by atoms with E-state index in [4.69, 9.17) is 18.6 Å². The molecule has 0 aliphatic carbocycles. The molecular weight excluding hydrogens is 420 g/mol. The van der Waals surface area contributed by atoms with Crippen molar-refractivity contribution >= 4 is 14.3 Å². The molecule has 2 fully saturated rings. The van der Waals surface area contributed by atoms with E-state index >= 15 is 0 Å². The van der Waals surface area contributed by atoms with Gasteiger partial charge in [-0.15, -0.1) is 0 Å². The van der Waals surface area contributed by atoms with Crippen LogP contribution in [-0.2, 0) is 23.4 Å². The van der Waals surface area contributed by atoms with Gasteiger partial charge in [0.25, 0.3) is 0 Å². The molecule has 32 heavy (non-hydrogen) atoms. The molecule has 4 atom stereocenters. The van der Waals surface area contributed by atoms with E-state index < -0.39 is 8.32 Å². The van der Waals surface area contributed by atoms with Crippen LogP contribution in [0.2, 0.25) is 16.6 Å². The number of carbonyl (C=O) groups is 1. The van der Waals surface area contributed by atoms with Gasteiger partial charge in [0, 0.05) is 6.92 Å². The van der Waals surface area contributed by atoms with Crippen molar-refractivity contribution in [3.05, 3.63) is 11.6 Å². The highest BCUT2D eigenvalue weighted by Gasteiger charge is 2.57. The molecule has 0 N–H and O–H groups in total.